The highest BCUT2D eigenvalue weighted by Gasteiger charge is 2.18. The number of imidazole rings is 1. The van der Waals surface area contributed by atoms with Crippen molar-refractivity contribution in [1.82, 2.24) is 15.3 Å². The second-order valence-electron chi connectivity index (χ2n) is 5.02. The molecule has 0 aliphatic heterocycles. The number of amides is 1. The number of aromatic nitrogens is 2. The number of fused-ring (bicyclic) bond motifs is 1. The number of nitrogens with one attached hydrogen (secondary N) is 2. The van der Waals surface area contributed by atoms with Gasteiger partial charge in [0.2, 0.25) is 5.91 Å². The summed E-state index contributed by atoms with van der Waals surface area (Å²) >= 11 is 0. The summed E-state index contributed by atoms with van der Waals surface area (Å²) in [6.07, 6.45) is 0.874. The van der Waals surface area contributed by atoms with Gasteiger partial charge in [0, 0.05) is 6.92 Å². The Kier molecular flexibility index (Phi) is 3.65. The number of para-hydroxylation sites is 2. The average molecular weight is 245 g/mol. The SMILES string of the molecule is CC(=O)N[C@@H](CC(C)C)c1nc2ccccc2[nH]1. The minimum atomic E-state index is -0.0464. The van der Waals surface area contributed by atoms with Crippen LogP contribution in [0.2, 0.25) is 0 Å². The van der Waals surface area contributed by atoms with Gasteiger partial charge in [-0.15, -0.1) is 0 Å². The zero-order valence-electron chi connectivity index (χ0n) is 11.0. The van der Waals surface area contributed by atoms with Crippen molar-refractivity contribution in [2.24, 2.45) is 5.92 Å². The van der Waals surface area contributed by atoms with Gasteiger partial charge in [-0.3, -0.25) is 4.79 Å². The van der Waals surface area contributed by atoms with Crippen LogP contribution < -0.4 is 5.32 Å². The first kappa shape index (κ1) is 12.6. The molecule has 1 heterocycles. The monoisotopic (exact) mass is 245 g/mol. The zero-order chi connectivity index (χ0) is 13.1. The summed E-state index contributed by atoms with van der Waals surface area (Å²) in [5, 5.41) is 2.96. The second-order valence-corrected chi connectivity index (χ2v) is 5.02. The molecule has 1 aromatic carbocycles. The maximum absolute atomic E-state index is 11.3. The Morgan fingerprint density at radius 1 is 1.39 bits per heavy atom. The number of benzene rings is 1. The standard InChI is InChI=1S/C14H19N3O/c1-9(2)8-13(15-10(3)18)14-16-11-6-4-5-7-12(11)17-14/h4-7,9,13H,8H2,1-3H3,(H,15,18)(H,16,17)/t13-/m0/s1. The Morgan fingerprint density at radius 2 is 2.11 bits per heavy atom. The summed E-state index contributed by atoms with van der Waals surface area (Å²) in [6.45, 7) is 5.81. The van der Waals surface area contributed by atoms with Crippen LogP contribution in [0.25, 0.3) is 11.0 Å². The Morgan fingerprint density at radius 3 is 2.72 bits per heavy atom. The number of nitrogens with zero attached hydrogens (tertiary/aromatic N) is 1. The quantitative estimate of drug-likeness (QED) is 0.870. The molecule has 1 atom stereocenters. The summed E-state index contributed by atoms with van der Waals surface area (Å²) in [6, 6.07) is 7.85. The molecule has 0 bridgehead atoms. The van der Waals surface area contributed by atoms with Gasteiger partial charge in [-0.2, -0.15) is 0 Å². The summed E-state index contributed by atoms with van der Waals surface area (Å²) < 4.78 is 0. The van der Waals surface area contributed by atoms with Crippen LogP contribution in [0.3, 0.4) is 0 Å². The van der Waals surface area contributed by atoms with E-state index in [1.54, 1.807) is 0 Å². The molecule has 0 saturated heterocycles. The van der Waals surface area contributed by atoms with Crippen molar-refractivity contribution in [2.45, 2.75) is 33.2 Å². The molecule has 2 N–H and O–H groups in total. The van der Waals surface area contributed by atoms with Crippen LogP contribution in [0.5, 0.6) is 0 Å². The van der Waals surface area contributed by atoms with Crippen molar-refractivity contribution >= 4 is 16.9 Å². The van der Waals surface area contributed by atoms with E-state index in [9.17, 15) is 4.79 Å². The highest BCUT2D eigenvalue weighted by molar-refractivity contribution is 5.76. The number of carbonyl (C=O) groups is 1. The molecule has 1 amide bonds. The summed E-state index contributed by atoms with van der Waals surface area (Å²) in [4.78, 5) is 19.1. The predicted molar refractivity (Wildman–Crippen MR) is 72.1 cm³/mol. The zero-order valence-corrected chi connectivity index (χ0v) is 11.0. The first-order chi connectivity index (χ1) is 8.56. The van der Waals surface area contributed by atoms with E-state index in [1.165, 1.54) is 6.92 Å². The van der Waals surface area contributed by atoms with Gasteiger partial charge in [0.05, 0.1) is 17.1 Å². The number of hydrogen-bond donors (Lipinski definition) is 2. The minimum absolute atomic E-state index is 0.0268. The van der Waals surface area contributed by atoms with Crippen LogP contribution in [-0.4, -0.2) is 15.9 Å². The molecule has 0 saturated carbocycles. The Bertz CT molecular complexity index is 512. The lowest BCUT2D eigenvalue weighted by atomic mass is 10.0. The maximum atomic E-state index is 11.3. The van der Waals surface area contributed by atoms with E-state index in [1.807, 2.05) is 24.3 Å². The van der Waals surface area contributed by atoms with E-state index in [-0.39, 0.29) is 11.9 Å². The van der Waals surface area contributed by atoms with Gasteiger partial charge < -0.3 is 10.3 Å². The molecule has 0 spiro atoms. The van der Waals surface area contributed by atoms with Crippen LogP contribution in [0.1, 0.15) is 39.1 Å². The van der Waals surface area contributed by atoms with Crippen LogP contribution >= 0.6 is 0 Å². The molecule has 2 aromatic rings. The fourth-order valence-corrected chi connectivity index (χ4v) is 2.09. The van der Waals surface area contributed by atoms with E-state index in [2.05, 4.69) is 29.1 Å². The molecule has 96 valence electrons. The normalized spacial score (nSPS) is 12.9. The molecule has 0 radical (unpaired) electrons. The smallest absolute Gasteiger partial charge is 0.217 e. The Hall–Kier alpha value is -1.84. The van der Waals surface area contributed by atoms with Gasteiger partial charge in [0.15, 0.2) is 0 Å². The van der Waals surface area contributed by atoms with Gasteiger partial charge in [0.25, 0.3) is 0 Å². The van der Waals surface area contributed by atoms with Gasteiger partial charge in [-0.25, -0.2) is 4.98 Å². The number of carbonyl (C=O) groups excluding carboxylic acids is 1. The van der Waals surface area contributed by atoms with Crippen molar-refractivity contribution in [3.8, 4) is 0 Å². The van der Waals surface area contributed by atoms with Gasteiger partial charge >= 0.3 is 0 Å². The van der Waals surface area contributed by atoms with E-state index >= 15 is 0 Å². The van der Waals surface area contributed by atoms with E-state index in [0.29, 0.717) is 5.92 Å². The third kappa shape index (κ3) is 2.88. The minimum Gasteiger partial charge on any atom is -0.346 e. The van der Waals surface area contributed by atoms with Crippen molar-refractivity contribution in [3.05, 3.63) is 30.1 Å². The van der Waals surface area contributed by atoms with Gasteiger partial charge in [0.1, 0.15) is 5.82 Å². The molecule has 18 heavy (non-hydrogen) atoms. The molecule has 1 aromatic heterocycles. The predicted octanol–water partition coefficient (Wildman–Crippen LogP) is 2.79. The summed E-state index contributed by atoms with van der Waals surface area (Å²) in [7, 11) is 0. The fourth-order valence-electron chi connectivity index (χ4n) is 2.09. The molecule has 4 nitrogen and oxygen atoms in total. The number of rotatable bonds is 4. The molecule has 2 rings (SSSR count). The lowest BCUT2D eigenvalue weighted by molar-refractivity contribution is -0.119. The summed E-state index contributed by atoms with van der Waals surface area (Å²) in [5.41, 5.74) is 1.94. The maximum Gasteiger partial charge on any atom is 0.217 e. The van der Waals surface area contributed by atoms with E-state index in [4.69, 9.17) is 0 Å². The molecule has 0 fully saturated rings. The Labute approximate surface area is 107 Å². The molecule has 0 unspecified atom stereocenters. The summed E-state index contributed by atoms with van der Waals surface area (Å²) in [5.74, 6) is 1.30. The first-order valence-corrected chi connectivity index (χ1v) is 6.28. The third-order valence-corrected chi connectivity index (χ3v) is 2.82. The lowest BCUT2D eigenvalue weighted by Crippen LogP contribution is -2.28. The number of hydrogen-bond acceptors (Lipinski definition) is 2. The van der Waals surface area contributed by atoms with Crippen LogP contribution in [0.15, 0.2) is 24.3 Å². The topological polar surface area (TPSA) is 57.8 Å². The molecule has 0 aliphatic rings. The van der Waals surface area contributed by atoms with Crippen LogP contribution in [-0.2, 0) is 4.79 Å². The molecule has 0 aliphatic carbocycles. The largest absolute Gasteiger partial charge is 0.346 e. The highest BCUT2D eigenvalue weighted by atomic mass is 16.1. The molecule has 4 heteroatoms. The van der Waals surface area contributed by atoms with E-state index < -0.39 is 0 Å². The van der Waals surface area contributed by atoms with Crippen molar-refractivity contribution in [1.29, 1.82) is 0 Å². The average Bonchev–Trinajstić information content (AvgIpc) is 2.70. The van der Waals surface area contributed by atoms with Crippen molar-refractivity contribution in [3.63, 3.8) is 0 Å². The molecular weight excluding hydrogens is 226 g/mol. The van der Waals surface area contributed by atoms with Crippen LogP contribution in [0.4, 0.5) is 0 Å². The number of aromatic amines is 1. The first-order valence-electron chi connectivity index (χ1n) is 6.28. The van der Waals surface area contributed by atoms with Crippen LogP contribution in [0, 0.1) is 5.92 Å². The van der Waals surface area contributed by atoms with Gasteiger partial charge in [-0.1, -0.05) is 26.0 Å². The fraction of sp³-hybridized carbons (Fsp3) is 0.429. The van der Waals surface area contributed by atoms with Crippen molar-refractivity contribution in [2.75, 3.05) is 0 Å². The highest BCUT2D eigenvalue weighted by Crippen LogP contribution is 2.21. The van der Waals surface area contributed by atoms with Gasteiger partial charge in [-0.05, 0) is 24.5 Å². The third-order valence-electron chi connectivity index (χ3n) is 2.82. The Balaban J connectivity index is 2.31. The second kappa shape index (κ2) is 5.21. The van der Waals surface area contributed by atoms with Crippen molar-refractivity contribution < 1.29 is 4.79 Å². The number of H-pyrrole nitrogens is 1. The molecular formula is C14H19N3O. The van der Waals surface area contributed by atoms with E-state index in [0.717, 1.165) is 23.3 Å². The lowest BCUT2D eigenvalue weighted by Gasteiger charge is -2.17.